The van der Waals surface area contributed by atoms with Gasteiger partial charge >= 0.3 is 11.9 Å². The number of benzene rings is 3. The lowest BCUT2D eigenvalue weighted by Gasteiger charge is -2.11. The standard InChI is InChI=1S/C22H17FO5/c23-17-12-10-16(11-13-17)21(24)28-20-9-5-4-8-19(20)22(25)27-15-14-26-18-6-2-1-3-7-18/h1-13H,14-15H2. The van der Waals surface area contributed by atoms with Crippen molar-refractivity contribution in [1.82, 2.24) is 0 Å². The summed E-state index contributed by atoms with van der Waals surface area (Å²) < 4.78 is 28.9. The van der Waals surface area contributed by atoms with E-state index in [4.69, 9.17) is 14.2 Å². The van der Waals surface area contributed by atoms with Gasteiger partial charge in [0.25, 0.3) is 0 Å². The number of hydrogen-bond acceptors (Lipinski definition) is 5. The van der Waals surface area contributed by atoms with Gasteiger partial charge in [0.2, 0.25) is 0 Å². The Labute approximate surface area is 161 Å². The highest BCUT2D eigenvalue weighted by Gasteiger charge is 2.17. The number of para-hydroxylation sites is 2. The van der Waals surface area contributed by atoms with E-state index in [0.29, 0.717) is 5.75 Å². The Kier molecular flexibility index (Phi) is 6.36. The molecule has 0 fully saturated rings. The van der Waals surface area contributed by atoms with Gasteiger partial charge < -0.3 is 14.2 Å². The molecule has 3 rings (SSSR count). The van der Waals surface area contributed by atoms with Gasteiger partial charge in [-0.25, -0.2) is 14.0 Å². The molecule has 5 nitrogen and oxygen atoms in total. The average molecular weight is 380 g/mol. The molecule has 0 heterocycles. The maximum Gasteiger partial charge on any atom is 0.343 e. The summed E-state index contributed by atoms with van der Waals surface area (Å²) in [6.45, 7) is 0.223. The highest BCUT2D eigenvalue weighted by Crippen LogP contribution is 2.20. The number of esters is 2. The molecule has 28 heavy (non-hydrogen) atoms. The smallest absolute Gasteiger partial charge is 0.343 e. The van der Waals surface area contributed by atoms with Gasteiger partial charge in [-0.15, -0.1) is 0 Å². The molecule has 0 aliphatic heterocycles. The minimum atomic E-state index is -0.701. The van der Waals surface area contributed by atoms with Crippen molar-refractivity contribution in [3.63, 3.8) is 0 Å². The van der Waals surface area contributed by atoms with Gasteiger partial charge in [0.15, 0.2) is 0 Å². The topological polar surface area (TPSA) is 61.8 Å². The fraction of sp³-hybridized carbons (Fsp3) is 0.0909. The van der Waals surface area contributed by atoms with Crippen LogP contribution < -0.4 is 9.47 Å². The monoisotopic (exact) mass is 380 g/mol. The highest BCUT2D eigenvalue weighted by molar-refractivity contribution is 5.96. The molecule has 142 valence electrons. The number of rotatable bonds is 7. The molecule has 3 aromatic rings. The van der Waals surface area contributed by atoms with Crippen LogP contribution in [0.25, 0.3) is 0 Å². The molecule has 0 bridgehead atoms. The summed E-state index contributed by atoms with van der Waals surface area (Å²) in [7, 11) is 0. The van der Waals surface area contributed by atoms with Crippen molar-refractivity contribution >= 4 is 11.9 Å². The van der Waals surface area contributed by atoms with Crippen LogP contribution in [0.15, 0.2) is 78.9 Å². The molecule has 0 spiro atoms. The summed E-state index contributed by atoms with van der Waals surface area (Å²) in [6, 6.07) is 20.3. The third-order valence-corrected chi connectivity index (χ3v) is 3.72. The lowest BCUT2D eigenvalue weighted by molar-refractivity contribution is 0.0445. The fourth-order valence-corrected chi connectivity index (χ4v) is 2.36. The third kappa shape index (κ3) is 5.17. The van der Waals surface area contributed by atoms with Crippen LogP contribution in [0.5, 0.6) is 11.5 Å². The Morgan fingerprint density at radius 2 is 1.43 bits per heavy atom. The molecule has 0 amide bonds. The molecule has 0 saturated carbocycles. The molecule has 0 radical (unpaired) electrons. The maximum absolute atomic E-state index is 13.0. The summed E-state index contributed by atoms with van der Waals surface area (Å²) in [5, 5.41) is 0. The van der Waals surface area contributed by atoms with Crippen LogP contribution in [0, 0.1) is 5.82 Å². The van der Waals surface area contributed by atoms with Crippen molar-refractivity contribution in [3.05, 3.63) is 95.8 Å². The quantitative estimate of drug-likeness (QED) is 0.348. The number of halogens is 1. The van der Waals surface area contributed by atoms with E-state index in [2.05, 4.69) is 0 Å². The van der Waals surface area contributed by atoms with E-state index in [1.807, 2.05) is 18.2 Å². The first kappa shape index (κ1) is 19.1. The number of carbonyl (C=O) groups is 2. The zero-order chi connectivity index (χ0) is 19.8. The van der Waals surface area contributed by atoms with E-state index in [9.17, 15) is 14.0 Å². The molecular weight excluding hydrogens is 363 g/mol. The zero-order valence-electron chi connectivity index (χ0n) is 14.8. The van der Waals surface area contributed by atoms with Crippen LogP contribution in [-0.2, 0) is 4.74 Å². The van der Waals surface area contributed by atoms with Gasteiger partial charge in [-0.2, -0.15) is 0 Å². The summed E-state index contributed by atoms with van der Waals surface area (Å²) in [5.74, 6) is -1.07. The van der Waals surface area contributed by atoms with E-state index in [1.54, 1.807) is 24.3 Å². The van der Waals surface area contributed by atoms with Crippen LogP contribution in [0.1, 0.15) is 20.7 Å². The van der Waals surface area contributed by atoms with Crippen molar-refractivity contribution in [1.29, 1.82) is 0 Å². The normalized spacial score (nSPS) is 10.2. The second-order valence-electron chi connectivity index (χ2n) is 5.69. The van der Waals surface area contributed by atoms with Gasteiger partial charge in [0, 0.05) is 0 Å². The largest absolute Gasteiger partial charge is 0.490 e. The van der Waals surface area contributed by atoms with Gasteiger partial charge in [-0.3, -0.25) is 0 Å². The van der Waals surface area contributed by atoms with Gasteiger partial charge in [0.05, 0.1) is 5.56 Å². The molecule has 6 heteroatoms. The van der Waals surface area contributed by atoms with E-state index < -0.39 is 17.8 Å². The SMILES string of the molecule is O=C(Oc1ccccc1C(=O)OCCOc1ccccc1)c1ccc(F)cc1. The minimum Gasteiger partial charge on any atom is -0.490 e. The molecule has 0 unspecified atom stereocenters. The van der Waals surface area contributed by atoms with E-state index >= 15 is 0 Å². The summed E-state index contributed by atoms with van der Waals surface area (Å²) >= 11 is 0. The van der Waals surface area contributed by atoms with Crippen LogP contribution in [0.3, 0.4) is 0 Å². The fourth-order valence-electron chi connectivity index (χ4n) is 2.36. The zero-order valence-corrected chi connectivity index (χ0v) is 14.8. The van der Waals surface area contributed by atoms with Crippen molar-refractivity contribution in [2.45, 2.75) is 0 Å². The Bertz CT molecular complexity index is 939. The molecule has 0 aliphatic rings. The molecule has 0 aliphatic carbocycles. The molecular formula is C22H17FO5. The van der Waals surface area contributed by atoms with Gasteiger partial charge in [0.1, 0.15) is 36.1 Å². The van der Waals surface area contributed by atoms with E-state index in [1.165, 1.54) is 24.3 Å². The first-order valence-corrected chi connectivity index (χ1v) is 8.55. The van der Waals surface area contributed by atoms with Crippen LogP contribution in [0.2, 0.25) is 0 Å². The lowest BCUT2D eigenvalue weighted by Crippen LogP contribution is -2.15. The minimum absolute atomic E-state index is 0.0357. The molecule has 0 saturated heterocycles. The Hall–Kier alpha value is -3.67. The first-order chi connectivity index (χ1) is 13.6. The van der Waals surface area contributed by atoms with Gasteiger partial charge in [-0.05, 0) is 48.5 Å². The maximum atomic E-state index is 13.0. The molecule has 0 aromatic heterocycles. The molecule has 0 N–H and O–H groups in total. The molecule has 0 atom stereocenters. The van der Waals surface area contributed by atoms with Crippen molar-refractivity contribution < 1.29 is 28.2 Å². The Morgan fingerprint density at radius 3 is 2.18 bits per heavy atom. The second-order valence-corrected chi connectivity index (χ2v) is 5.69. The van der Waals surface area contributed by atoms with Crippen molar-refractivity contribution in [2.75, 3.05) is 13.2 Å². The number of carbonyl (C=O) groups excluding carboxylic acids is 2. The van der Waals surface area contributed by atoms with Crippen molar-refractivity contribution in [2.24, 2.45) is 0 Å². The summed E-state index contributed by atoms with van der Waals surface area (Å²) in [5.41, 5.74) is 0.276. The Balaban J connectivity index is 1.58. The van der Waals surface area contributed by atoms with E-state index in [0.717, 1.165) is 12.1 Å². The third-order valence-electron chi connectivity index (χ3n) is 3.72. The van der Waals surface area contributed by atoms with Gasteiger partial charge in [-0.1, -0.05) is 30.3 Å². The average Bonchev–Trinajstić information content (AvgIpc) is 2.72. The second kappa shape index (κ2) is 9.32. The predicted molar refractivity (Wildman–Crippen MR) is 100 cm³/mol. The lowest BCUT2D eigenvalue weighted by atomic mass is 10.2. The molecule has 3 aromatic carbocycles. The first-order valence-electron chi connectivity index (χ1n) is 8.55. The predicted octanol–water partition coefficient (Wildman–Crippen LogP) is 4.28. The Morgan fingerprint density at radius 1 is 0.750 bits per heavy atom. The van der Waals surface area contributed by atoms with Crippen LogP contribution >= 0.6 is 0 Å². The summed E-state index contributed by atoms with van der Waals surface area (Å²) in [6.07, 6.45) is 0. The van der Waals surface area contributed by atoms with Crippen molar-refractivity contribution in [3.8, 4) is 11.5 Å². The summed E-state index contributed by atoms with van der Waals surface area (Å²) in [4.78, 5) is 24.5. The van der Waals surface area contributed by atoms with E-state index in [-0.39, 0.29) is 30.1 Å². The highest BCUT2D eigenvalue weighted by atomic mass is 19.1. The van der Waals surface area contributed by atoms with Crippen LogP contribution in [0.4, 0.5) is 4.39 Å². The number of ether oxygens (including phenoxy) is 3. The number of hydrogen-bond donors (Lipinski definition) is 0. The van der Waals surface area contributed by atoms with Crippen LogP contribution in [-0.4, -0.2) is 25.2 Å².